The second-order valence-corrected chi connectivity index (χ2v) is 12.2. The minimum atomic E-state index is -2.59. The Hall–Kier alpha value is -1.90. The van der Waals surface area contributed by atoms with Crippen LogP contribution in [0.25, 0.3) is 0 Å². The predicted molar refractivity (Wildman–Crippen MR) is 120 cm³/mol. The highest BCUT2D eigenvalue weighted by atomic mass is 35.5. The van der Waals surface area contributed by atoms with E-state index in [-0.39, 0.29) is 29.9 Å². The van der Waals surface area contributed by atoms with Gasteiger partial charge in [0.1, 0.15) is 17.2 Å². The summed E-state index contributed by atoms with van der Waals surface area (Å²) in [6, 6.07) is 7.57. The van der Waals surface area contributed by atoms with Crippen molar-refractivity contribution in [2.45, 2.75) is 37.6 Å². The summed E-state index contributed by atoms with van der Waals surface area (Å²) in [5.41, 5.74) is 5.85. The molecule has 0 radical (unpaired) electrons. The van der Waals surface area contributed by atoms with Crippen LogP contribution in [0.5, 0.6) is 0 Å². The lowest BCUT2D eigenvalue weighted by molar-refractivity contribution is 0.0955. The lowest BCUT2D eigenvalue weighted by Gasteiger charge is -2.40. The van der Waals surface area contributed by atoms with Gasteiger partial charge in [-0.25, -0.2) is 4.39 Å². The maximum atomic E-state index is 13.3. The monoisotopic (exact) mass is 455 g/mol. The molecule has 1 aromatic heterocycles. The zero-order chi connectivity index (χ0) is 21.6. The van der Waals surface area contributed by atoms with Crippen molar-refractivity contribution in [3.63, 3.8) is 0 Å². The number of carbonyl (C=O) groups excluding carboxylic acids is 1. The molecule has 29 heavy (non-hydrogen) atoms. The Morgan fingerprint density at radius 3 is 2.72 bits per heavy atom. The molecule has 0 saturated carbocycles. The van der Waals surface area contributed by atoms with E-state index in [0.717, 1.165) is 0 Å². The van der Waals surface area contributed by atoms with E-state index in [9.17, 15) is 13.4 Å². The number of benzene rings is 1. The first kappa shape index (κ1) is 21.8. The molecule has 0 saturated heterocycles. The minimum Gasteiger partial charge on any atom is -0.386 e. The fourth-order valence-electron chi connectivity index (χ4n) is 3.14. The maximum absolute atomic E-state index is 13.3. The molecule has 0 spiro atoms. The first-order valence-electron chi connectivity index (χ1n) is 8.88. The van der Waals surface area contributed by atoms with Gasteiger partial charge in [-0.05, 0) is 59.9 Å². The summed E-state index contributed by atoms with van der Waals surface area (Å²) in [5.74, 6) is 3.65. The highest BCUT2D eigenvalue weighted by molar-refractivity contribution is 8.02. The number of rotatable bonds is 4. The molecule has 156 valence electrons. The fraction of sp³-hybridized carbons (Fsp3) is 0.350. The van der Waals surface area contributed by atoms with Crippen LogP contribution in [0.4, 0.5) is 4.39 Å². The molecule has 1 unspecified atom stereocenters. The van der Waals surface area contributed by atoms with Crippen LogP contribution in [-0.2, 0) is 21.6 Å². The Morgan fingerprint density at radius 1 is 1.41 bits per heavy atom. The van der Waals surface area contributed by atoms with Crippen LogP contribution < -0.4 is 11.1 Å². The molecule has 1 aliphatic rings. The molecule has 2 aromatic rings. The summed E-state index contributed by atoms with van der Waals surface area (Å²) >= 11 is 7.60. The van der Waals surface area contributed by atoms with Gasteiger partial charge in [-0.1, -0.05) is 23.7 Å². The van der Waals surface area contributed by atoms with Gasteiger partial charge < -0.3 is 11.1 Å². The second-order valence-electron chi connectivity index (χ2n) is 7.84. The number of amides is 1. The molecule has 1 amide bonds. The Balaban J connectivity index is 1.86. The highest BCUT2D eigenvalue weighted by Gasteiger charge is 2.46. The lowest BCUT2D eigenvalue weighted by atomic mass is 10.0. The van der Waals surface area contributed by atoms with Crippen molar-refractivity contribution in [1.29, 1.82) is 0 Å². The summed E-state index contributed by atoms with van der Waals surface area (Å²) in [4.78, 5) is 18.2. The number of hydrogen-bond acceptors (Lipinski definition) is 5. The van der Waals surface area contributed by atoms with Crippen LogP contribution in [0.15, 0.2) is 35.3 Å². The van der Waals surface area contributed by atoms with E-state index in [1.165, 1.54) is 23.5 Å². The molecule has 1 aromatic carbocycles. The topological polar surface area (TPSA) is 84.5 Å². The van der Waals surface area contributed by atoms with Crippen molar-refractivity contribution in [1.82, 2.24) is 5.32 Å². The van der Waals surface area contributed by atoms with Crippen molar-refractivity contribution < 1.29 is 13.4 Å². The molecule has 2 atom stereocenters. The number of nitrogens with two attached hydrogens (primary N) is 1. The molecule has 0 fully saturated rings. The van der Waals surface area contributed by atoms with Crippen LogP contribution in [0.3, 0.4) is 0 Å². The van der Waals surface area contributed by atoms with E-state index < -0.39 is 19.8 Å². The van der Waals surface area contributed by atoms with Gasteiger partial charge in [0.05, 0.1) is 19.5 Å². The highest BCUT2D eigenvalue weighted by Crippen LogP contribution is 2.43. The van der Waals surface area contributed by atoms with Gasteiger partial charge in [0.2, 0.25) is 0 Å². The van der Waals surface area contributed by atoms with Crippen LogP contribution in [-0.4, -0.2) is 32.3 Å². The molecule has 0 aliphatic carbocycles. The smallest absolute Gasteiger partial charge is 0.261 e. The molecular formula is C20H23ClFN3O2S2. The standard InChI is InChI=1S/C20H23ClFN3O2S2/c1-19(2)18(23)25-20(3,11-29(19,4)27)16-14(21)9-15(28-16)17(26)24-10-12-6-5-7-13(22)8-12/h5-9H,4,10-11H2,1-3H3,(H2,23,25)(H,24,26)/t20-,29?/m0/s1. The number of hydrogen-bond donors (Lipinski definition) is 2. The summed E-state index contributed by atoms with van der Waals surface area (Å²) in [6.45, 7) is 5.51. The number of amidine groups is 1. The zero-order valence-electron chi connectivity index (χ0n) is 16.4. The van der Waals surface area contributed by atoms with Gasteiger partial charge in [0.25, 0.3) is 5.91 Å². The average molecular weight is 456 g/mol. The van der Waals surface area contributed by atoms with Crippen LogP contribution in [0.1, 0.15) is 40.9 Å². The van der Waals surface area contributed by atoms with Crippen molar-refractivity contribution in [2.24, 2.45) is 10.7 Å². The molecule has 1 aliphatic heterocycles. The van der Waals surface area contributed by atoms with Gasteiger partial charge in [-0.3, -0.25) is 14.0 Å². The Labute approximate surface area is 179 Å². The summed E-state index contributed by atoms with van der Waals surface area (Å²) in [7, 11) is -2.59. The third kappa shape index (κ3) is 4.06. The number of nitrogens with zero attached hydrogens (tertiary/aromatic N) is 1. The number of nitrogens with one attached hydrogen (secondary N) is 1. The lowest BCUT2D eigenvalue weighted by Crippen LogP contribution is -2.54. The summed E-state index contributed by atoms with van der Waals surface area (Å²) in [5, 5.41) is 3.11. The molecule has 3 N–H and O–H groups in total. The Bertz CT molecular complexity index is 1110. The van der Waals surface area contributed by atoms with Gasteiger partial charge in [-0.2, -0.15) is 0 Å². The quantitative estimate of drug-likeness (QED) is 0.691. The SMILES string of the molecule is C=S1(=O)C[C@@](C)(c2sc(C(=O)NCc3cccc(F)c3)cc2Cl)N=C(N)C1(C)C. The fourth-order valence-corrected chi connectivity index (χ4v) is 6.68. The molecule has 9 heteroatoms. The molecule has 3 rings (SSSR count). The van der Waals surface area contributed by atoms with Crippen molar-refractivity contribution in [3.8, 4) is 0 Å². The Morgan fingerprint density at radius 2 is 2.10 bits per heavy atom. The van der Waals surface area contributed by atoms with E-state index in [4.69, 9.17) is 17.3 Å². The van der Waals surface area contributed by atoms with Crippen molar-refractivity contribution >= 4 is 50.1 Å². The summed E-state index contributed by atoms with van der Waals surface area (Å²) < 4.78 is 25.6. The van der Waals surface area contributed by atoms with Gasteiger partial charge in [0.15, 0.2) is 0 Å². The van der Waals surface area contributed by atoms with Crippen LogP contribution in [0.2, 0.25) is 5.02 Å². The molecular weight excluding hydrogens is 433 g/mol. The maximum Gasteiger partial charge on any atom is 0.261 e. The normalized spacial score (nSPS) is 26.0. The molecule has 0 bridgehead atoms. The van der Waals surface area contributed by atoms with E-state index >= 15 is 0 Å². The van der Waals surface area contributed by atoms with Crippen molar-refractivity contribution in [3.05, 3.63) is 56.5 Å². The number of aliphatic imine (C=N–C) groups is 1. The van der Waals surface area contributed by atoms with E-state index in [0.29, 0.717) is 20.3 Å². The predicted octanol–water partition coefficient (Wildman–Crippen LogP) is 3.55. The minimum absolute atomic E-state index is 0.179. The van der Waals surface area contributed by atoms with E-state index in [2.05, 4.69) is 16.2 Å². The van der Waals surface area contributed by atoms with Gasteiger partial charge >= 0.3 is 0 Å². The van der Waals surface area contributed by atoms with Crippen LogP contribution >= 0.6 is 22.9 Å². The third-order valence-electron chi connectivity index (χ3n) is 5.17. The second kappa shape index (κ2) is 7.41. The third-order valence-corrected chi connectivity index (χ3v) is 10.1. The Kier molecular flexibility index (Phi) is 5.57. The number of carbonyl (C=O) groups is 1. The molecule has 5 nitrogen and oxygen atoms in total. The first-order valence-corrected chi connectivity index (χ1v) is 12.0. The van der Waals surface area contributed by atoms with Gasteiger partial charge in [0, 0.05) is 12.3 Å². The largest absolute Gasteiger partial charge is 0.386 e. The summed E-state index contributed by atoms with van der Waals surface area (Å²) in [6.07, 6.45) is 0. The molecule has 2 heterocycles. The van der Waals surface area contributed by atoms with E-state index in [1.807, 2.05) is 0 Å². The van der Waals surface area contributed by atoms with E-state index in [1.54, 1.807) is 39.0 Å². The van der Waals surface area contributed by atoms with Crippen molar-refractivity contribution in [2.75, 3.05) is 5.75 Å². The average Bonchev–Trinajstić information content (AvgIpc) is 3.00. The first-order chi connectivity index (χ1) is 13.4. The van der Waals surface area contributed by atoms with Gasteiger partial charge in [-0.15, -0.1) is 11.3 Å². The number of halogens is 2. The van der Waals surface area contributed by atoms with Crippen LogP contribution in [0, 0.1) is 5.82 Å². The zero-order valence-corrected chi connectivity index (χ0v) is 18.8. The number of thiophene rings is 1.